The highest BCUT2D eigenvalue weighted by atomic mass is 127. The van der Waals surface area contributed by atoms with Crippen molar-refractivity contribution < 1.29 is 4.74 Å². The Morgan fingerprint density at radius 1 is 1.50 bits per heavy atom. The molecule has 0 saturated heterocycles. The zero-order chi connectivity index (χ0) is 10.1. The number of ether oxygens (including phenoxy) is 1. The van der Waals surface area contributed by atoms with Crippen LogP contribution in [0.15, 0.2) is 22.0 Å². The molecule has 0 aliphatic rings. The Balaban J connectivity index is 2.70. The van der Waals surface area contributed by atoms with Crippen LogP contribution in [0, 0.1) is 3.57 Å². The third-order valence-corrected chi connectivity index (χ3v) is 4.71. The number of hydrogen-bond acceptors (Lipinski definition) is 2. The Hall–Kier alpha value is 0.190. The summed E-state index contributed by atoms with van der Waals surface area (Å²) < 4.78 is 9.22. The Morgan fingerprint density at radius 3 is 3.00 bits per heavy atom. The first kappa shape index (κ1) is 10.7. The largest absolute Gasteiger partial charge is 0.492 e. The standard InChI is InChI=1S/C10H8BrIOS/c1-2-13-8-4-3-7(12)9-6(11)5-14-10(8)9/h3-5H,2H2,1H3. The van der Waals surface area contributed by atoms with Gasteiger partial charge in [0, 0.05) is 18.8 Å². The maximum Gasteiger partial charge on any atom is 0.137 e. The van der Waals surface area contributed by atoms with Crippen LogP contribution in [0.2, 0.25) is 0 Å². The van der Waals surface area contributed by atoms with E-state index < -0.39 is 0 Å². The Morgan fingerprint density at radius 2 is 2.29 bits per heavy atom. The lowest BCUT2D eigenvalue weighted by atomic mass is 10.2. The molecule has 1 nitrogen and oxygen atoms in total. The number of halogens is 2. The zero-order valence-corrected chi connectivity index (χ0v) is 12.1. The quantitative estimate of drug-likeness (QED) is 0.686. The van der Waals surface area contributed by atoms with Crippen molar-refractivity contribution in [3.8, 4) is 5.75 Å². The minimum atomic E-state index is 0.714. The van der Waals surface area contributed by atoms with E-state index >= 15 is 0 Å². The van der Waals surface area contributed by atoms with E-state index in [-0.39, 0.29) is 0 Å². The van der Waals surface area contributed by atoms with Crippen molar-refractivity contribution in [2.75, 3.05) is 6.61 Å². The molecular formula is C10H8BrIOS. The molecule has 0 fully saturated rings. The summed E-state index contributed by atoms with van der Waals surface area (Å²) in [7, 11) is 0. The fraction of sp³-hybridized carbons (Fsp3) is 0.200. The number of thiophene rings is 1. The van der Waals surface area contributed by atoms with Gasteiger partial charge in [-0.3, -0.25) is 0 Å². The van der Waals surface area contributed by atoms with E-state index in [0.29, 0.717) is 6.61 Å². The smallest absolute Gasteiger partial charge is 0.137 e. The fourth-order valence-corrected chi connectivity index (χ4v) is 4.35. The minimum Gasteiger partial charge on any atom is -0.492 e. The third kappa shape index (κ3) is 1.79. The molecule has 14 heavy (non-hydrogen) atoms. The number of fused-ring (bicyclic) bond motifs is 1. The molecule has 0 unspecified atom stereocenters. The summed E-state index contributed by atoms with van der Waals surface area (Å²) in [4.78, 5) is 0. The lowest BCUT2D eigenvalue weighted by Crippen LogP contribution is -1.91. The predicted octanol–water partition coefficient (Wildman–Crippen LogP) is 4.67. The first-order valence-corrected chi connectivity index (χ1v) is 6.97. The van der Waals surface area contributed by atoms with Gasteiger partial charge in [-0.1, -0.05) is 0 Å². The van der Waals surface area contributed by atoms with Crippen LogP contribution in [0.5, 0.6) is 5.75 Å². The average molecular weight is 383 g/mol. The summed E-state index contributed by atoms with van der Waals surface area (Å²) in [5, 5.41) is 3.37. The molecule has 0 atom stereocenters. The monoisotopic (exact) mass is 382 g/mol. The second-order valence-electron chi connectivity index (χ2n) is 2.77. The molecule has 1 aromatic heterocycles. The predicted molar refractivity (Wildman–Crippen MR) is 73.4 cm³/mol. The van der Waals surface area contributed by atoms with Gasteiger partial charge in [0.05, 0.1) is 11.3 Å². The van der Waals surface area contributed by atoms with E-state index in [0.717, 1.165) is 10.2 Å². The van der Waals surface area contributed by atoms with Crippen LogP contribution in [-0.2, 0) is 0 Å². The van der Waals surface area contributed by atoms with Crippen molar-refractivity contribution in [2.24, 2.45) is 0 Å². The molecule has 4 heteroatoms. The van der Waals surface area contributed by atoms with Gasteiger partial charge in [-0.25, -0.2) is 0 Å². The first-order chi connectivity index (χ1) is 6.74. The minimum absolute atomic E-state index is 0.714. The van der Waals surface area contributed by atoms with Gasteiger partial charge in [0.15, 0.2) is 0 Å². The molecule has 2 rings (SSSR count). The van der Waals surface area contributed by atoms with Crippen molar-refractivity contribution in [1.29, 1.82) is 0 Å². The summed E-state index contributed by atoms with van der Waals surface area (Å²) in [6, 6.07) is 4.13. The van der Waals surface area contributed by atoms with Gasteiger partial charge in [0.1, 0.15) is 5.75 Å². The molecule has 1 heterocycles. The van der Waals surface area contributed by atoms with Gasteiger partial charge in [-0.2, -0.15) is 0 Å². The first-order valence-electron chi connectivity index (χ1n) is 4.22. The summed E-state index contributed by atoms with van der Waals surface area (Å²) in [5.41, 5.74) is 0. The van der Waals surface area contributed by atoms with Gasteiger partial charge in [-0.15, -0.1) is 11.3 Å². The van der Waals surface area contributed by atoms with E-state index in [4.69, 9.17) is 4.74 Å². The Labute approximate surface area is 109 Å². The van der Waals surface area contributed by atoms with Crippen LogP contribution < -0.4 is 4.74 Å². The van der Waals surface area contributed by atoms with Gasteiger partial charge >= 0.3 is 0 Å². The molecule has 74 valence electrons. The van der Waals surface area contributed by atoms with Crippen molar-refractivity contribution >= 4 is 59.9 Å². The van der Waals surface area contributed by atoms with Crippen LogP contribution >= 0.6 is 49.9 Å². The number of benzene rings is 1. The molecular weight excluding hydrogens is 375 g/mol. The molecule has 0 radical (unpaired) electrons. The van der Waals surface area contributed by atoms with Gasteiger partial charge in [0.2, 0.25) is 0 Å². The van der Waals surface area contributed by atoms with Crippen LogP contribution in [0.25, 0.3) is 10.1 Å². The van der Waals surface area contributed by atoms with Crippen LogP contribution in [0.1, 0.15) is 6.92 Å². The summed E-state index contributed by atoms with van der Waals surface area (Å²) in [5.74, 6) is 0.985. The van der Waals surface area contributed by atoms with E-state index in [2.05, 4.69) is 50.0 Å². The summed E-state index contributed by atoms with van der Waals surface area (Å²) in [6.45, 7) is 2.72. The molecule has 1 aromatic carbocycles. The van der Waals surface area contributed by atoms with Crippen molar-refractivity contribution in [1.82, 2.24) is 0 Å². The maximum absolute atomic E-state index is 5.57. The Kier molecular flexibility index (Phi) is 3.34. The number of hydrogen-bond donors (Lipinski definition) is 0. The van der Waals surface area contributed by atoms with E-state index in [1.807, 2.05) is 13.0 Å². The lowest BCUT2D eigenvalue weighted by molar-refractivity contribution is 0.345. The second kappa shape index (κ2) is 4.37. The number of rotatable bonds is 2. The Bertz CT molecular complexity index is 466. The SMILES string of the molecule is CCOc1ccc(I)c2c(Br)csc12. The van der Waals surface area contributed by atoms with Crippen molar-refractivity contribution in [3.05, 3.63) is 25.6 Å². The molecule has 2 aromatic rings. The molecule has 0 N–H and O–H groups in total. The van der Waals surface area contributed by atoms with Gasteiger partial charge in [0.25, 0.3) is 0 Å². The molecule has 0 aliphatic heterocycles. The van der Waals surface area contributed by atoms with Crippen molar-refractivity contribution in [2.45, 2.75) is 6.92 Å². The van der Waals surface area contributed by atoms with Crippen LogP contribution in [0.3, 0.4) is 0 Å². The van der Waals surface area contributed by atoms with Gasteiger partial charge in [-0.05, 0) is 57.6 Å². The molecule has 0 spiro atoms. The average Bonchev–Trinajstić information content (AvgIpc) is 2.54. The molecule has 0 saturated carbocycles. The fourth-order valence-electron chi connectivity index (χ4n) is 1.32. The van der Waals surface area contributed by atoms with Gasteiger partial charge < -0.3 is 4.74 Å². The highest BCUT2D eigenvalue weighted by molar-refractivity contribution is 14.1. The highest BCUT2D eigenvalue weighted by Crippen LogP contribution is 2.39. The molecule has 0 amide bonds. The van der Waals surface area contributed by atoms with Crippen LogP contribution in [-0.4, -0.2) is 6.61 Å². The summed E-state index contributed by atoms with van der Waals surface area (Å²) in [6.07, 6.45) is 0. The molecule has 0 aliphatic carbocycles. The second-order valence-corrected chi connectivity index (χ2v) is 5.66. The zero-order valence-electron chi connectivity index (χ0n) is 7.51. The van der Waals surface area contributed by atoms with E-state index in [1.54, 1.807) is 11.3 Å². The van der Waals surface area contributed by atoms with Crippen molar-refractivity contribution in [3.63, 3.8) is 0 Å². The molecule has 0 bridgehead atoms. The normalized spacial score (nSPS) is 10.8. The topological polar surface area (TPSA) is 9.23 Å². The summed E-state index contributed by atoms with van der Waals surface area (Å²) >= 11 is 7.62. The maximum atomic E-state index is 5.57. The highest BCUT2D eigenvalue weighted by Gasteiger charge is 2.10. The van der Waals surface area contributed by atoms with Crippen LogP contribution in [0.4, 0.5) is 0 Å². The lowest BCUT2D eigenvalue weighted by Gasteiger charge is -2.05. The van der Waals surface area contributed by atoms with E-state index in [9.17, 15) is 0 Å². The third-order valence-electron chi connectivity index (χ3n) is 1.89. The van der Waals surface area contributed by atoms with E-state index in [1.165, 1.54) is 13.7 Å².